The average Bonchev–Trinajstić information content (AvgIpc) is 3.63. The maximum atomic E-state index is 14.2. The van der Waals surface area contributed by atoms with E-state index in [1.807, 2.05) is 6.07 Å². The molecule has 0 atom stereocenters. The van der Waals surface area contributed by atoms with Gasteiger partial charge in [0.25, 0.3) is 0 Å². The molecular weight excluding hydrogens is 429 g/mol. The predicted octanol–water partition coefficient (Wildman–Crippen LogP) is 4.97. The minimum absolute atomic E-state index is 0.0570. The number of halogens is 2. The van der Waals surface area contributed by atoms with Gasteiger partial charge in [-0.25, -0.2) is 14.4 Å². The van der Waals surface area contributed by atoms with Crippen molar-refractivity contribution in [2.75, 3.05) is 23.3 Å². The van der Waals surface area contributed by atoms with Crippen molar-refractivity contribution >= 4 is 40.1 Å². The largest absolute Gasteiger partial charge is 0.364 e. The minimum atomic E-state index is -0.536. The van der Waals surface area contributed by atoms with Crippen molar-refractivity contribution in [2.24, 2.45) is 5.92 Å². The van der Waals surface area contributed by atoms with Crippen molar-refractivity contribution in [1.29, 1.82) is 5.26 Å². The Morgan fingerprint density at radius 2 is 1.88 bits per heavy atom. The average molecular weight is 450 g/mol. The molecule has 2 heterocycles. The lowest BCUT2D eigenvalue weighted by Gasteiger charge is -2.33. The Bertz CT molecular complexity index is 1250. The van der Waals surface area contributed by atoms with E-state index >= 15 is 0 Å². The first kappa shape index (κ1) is 20.7. The molecule has 0 radical (unpaired) electrons. The first-order valence-corrected chi connectivity index (χ1v) is 11.1. The number of fused-ring (bicyclic) bond motifs is 1. The minimum Gasteiger partial charge on any atom is -0.364 e. The van der Waals surface area contributed by atoms with Crippen molar-refractivity contribution in [3.8, 4) is 6.07 Å². The van der Waals surface area contributed by atoms with E-state index in [-0.39, 0.29) is 17.3 Å². The highest BCUT2D eigenvalue weighted by Crippen LogP contribution is 2.34. The molecule has 0 spiro atoms. The van der Waals surface area contributed by atoms with Gasteiger partial charge in [0.1, 0.15) is 5.82 Å². The summed E-state index contributed by atoms with van der Waals surface area (Å²) >= 11 is 5.97. The molecule has 1 aromatic heterocycles. The quantitative estimate of drug-likeness (QED) is 0.554. The highest BCUT2D eigenvalue weighted by Gasteiger charge is 2.31. The van der Waals surface area contributed by atoms with E-state index in [0.29, 0.717) is 48.1 Å². The van der Waals surface area contributed by atoms with Crippen LogP contribution in [0.4, 0.5) is 16.0 Å². The normalized spacial score (nSPS) is 16.7. The molecule has 0 amide bonds. The van der Waals surface area contributed by atoms with Crippen molar-refractivity contribution in [3.63, 3.8) is 0 Å². The molecule has 0 bridgehead atoms. The second-order valence-electron chi connectivity index (χ2n) is 8.38. The summed E-state index contributed by atoms with van der Waals surface area (Å²) in [4.78, 5) is 24.6. The number of hydrogen-bond acceptors (Lipinski definition) is 6. The molecule has 3 aromatic rings. The topological polar surface area (TPSA) is 81.9 Å². The van der Waals surface area contributed by atoms with Crippen molar-refractivity contribution in [3.05, 3.63) is 58.4 Å². The van der Waals surface area contributed by atoms with Crippen LogP contribution in [-0.2, 0) is 0 Å². The molecule has 1 aliphatic carbocycles. The molecule has 1 aliphatic heterocycles. The third-order valence-electron chi connectivity index (χ3n) is 6.05. The second kappa shape index (κ2) is 8.36. The van der Waals surface area contributed by atoms with Crippen molar-refractivity contribution in [1.82, 2.24) is 9.97 Å². The monoisotopic (exact) mass is 449 g/mol. The number of nitrogens with one attached hydrogen (secondary N) is 1. The number of carbonyl (C=O) groups excluding carboxylic acids is 1. The van der Waals surface area contributed by atoms with Crippen LogP contribution in [-0.4, -0.2) is 34.9 Å². The molecule has 1 saturated heterocycles. The number of rotatable bonds is 5. The van der Waals surface area contributed by atoms with Gasteiger partial charge in [-0.05, 0) is 62.1 Å². The van der Waals surface area contributed by atoms with Gasteiger partial charge in [-0.2, -0.15) is 5.26 Å². The lowest BCUT2D eigenvalue weighted by Crippen LogP contribution is -2.37. The van der Waals surface area contributed by atoms with E-state index in [4.69, 9.17) is 21.6 Å². The fourth-order valence-corrected chi connectivity index (χ4v) is 4.28. The van der Waals surface area contributed by atoms with Crippen LogP contribution in [0.2, 0.25) is 5.02 Å². The Morgan fingerprint density at radius 3 is 2.59 bits per heavy atom. The van der Waals surface area contributed by atoms with Crippen LogP contribution in [0.1, 0.15) is 41.6 Å². The molecule has 32 heavy (non-hydrogen) atoms. The maximum absolute atomic E-state index is 14.2. The summed E-state index contributed by atoms with van der Waals surface area (Å²) in [5, 5.41) is 13.0. The van der Waals surface area contributed by atoms with Gasteiger partial charge in [0.05, 0.1) is 28.2 Å². The lowest BCUT2D eigenvalue weighted by atomic mass is 9.88. The molecule has 2 aliphatic rings. The third kappa shape index (κ3) is 4.11. The number of anilines is 2. The summed E-state index contributed by atoms with van der Waals surface area (Å²) in [6, 6.07) is 11.9. The van der Waals surface area contributed by atoms with Gasteiger partial charge in [0.2, 0.25) is 0 Å². The van der Waals surface area contributed by atoms with Crippen LogP contribution in [0.3, 0.4) is 0 Å². The Labute approximate surface area is 190 Å². The van der Waals surface area contributed by atoms with Gasteiger partial charge in [-0.1, -0.05) is 11.6 Å². The fourth-order valence-electron chi connectivity index (χ4n) is 4.11. The number of nitriles is 1. The smallest absolute Gasteiger partial charge is 0.172 e. The van der Waals surface area contributed by atoms with E-state index < -0.39 is 5.82 Å². The zero-order chi connectivity index (χ0) is 22.2. The van der Waals surface area contributed by atoms with Crippen LogP contribution >= 0.6 is 11.6 Å². The Hall–Kier alpha value is -3.24. The second-order valence-corrected chi connectivity index (χ2v) is 8.82. The number of carbonyl (C=O) groups is 1. The number of hydrogen-bond donors (Lipinski definition) is 1. The Balaban J connectivity index is 1.39. The summed E-state index contributed by atoms with van der Waals surface area (Å²) in [7, 11) is 0. The SMILES string of the molecule is N#Cc1ccc2nc(NC3CC3)c(N3CCC(C(=O)c4cc(Cl)ccc4F)CC3)nc2c1. The summed E-state index contributed by atoms with van der Waals surface area (Å²) in [5.74, 6) is 0.461. The van der Waals surface area contributed by atoms with E-state index in [1.165, 1.54) is 18.2 Å². The third-order valence-corrected chi connectivity index (χ3v) is 6.29. The molecule has 5 rings (SSSR count). The first-order chi connectivity index (χ1) is 15.5. The summed E-state index contributed by atoms with van der Waals surface area (Å²) in [5.41, 5.74) is 1.99. The van der Waals surface area contributed by atoms with Crippen molar-refractivity contribution in [2.45, 2.75) is 31.7 Å². The van der Waals surface area contributed by atoms with E-state index in [9.17, 15) is 14.4 Å². The van der Waals surface area contributed by atoms with Gasteiger partial charge >= 0.3 is 0 Å². The fraction of sp³-hybridized carbons (Fsp3) is 0.333. The highest BCUT2D eigenvalue weighted by atomic mass is 35.5. The maximum Gasteiger partial charge on any atom is 0.172 e. The van der Waals surface area contributed by atoms with E-state index in [2.05, 4.69) is 16.3 Å². The summed E-state index contributed by atoms with van der Waals surface area (Å²) in [6.45, 7) is 1.21. The van der Waals surface area contributed by atoms with Gasteiger partial charge in [0.15, 0.2) is 17.4 Å². The number of ketones is 1. The number of Topliss-reactive ketones (excluding diaryl/α,β-unsaturated/α-hetero) is 1. The zero-order valence-electron chi connectivity index (χ0n) is 17.3. The van der Waals surface area contributed by atoms with Crippen LogP contribution in [0.5, 0.6) is 0 Å². The molecule has 6 nitrogen and oxygen atoms in total. The number of nitrogens with zero attached hydrogens (tertiary/aromatic N) is 4. The molecule has 1 saturated carbocycles. The van der Waals surface area contributed by atoms with Gasteiger partial charge in [0, 0.05) is 30.1 Å². The Morgan fingerprint density at radius 1 is 1.09 bits per heavy atom. The lowest BCUT2D eigenvalue weighted by molar-refractivity contribution is 0.0896. The van der Waals surface area contributed by atoms with Gasteiger partial charge in [-0.15, -0.1) is 0 Å². The summed E-state index contributed by atoms with van der Waals surface area (Å²) < 4.78 is 14.2. The predicted molar refractivity (Wildman–Crippen MR) is 122 cm³/mol. The molecule has 162 valence electrons. The number of benzene rings is 2. The van der Waals surface area contributed by atoms with E-state index in [1.54, 1.807) is 12.1 Å². The summed E-state index contributed by atoms with van der Waals surface area (Å²) in [6.07, 6.45) is 3.39. The molecule has 1 N–H and O–H groups in total. The van der Waals surface area contributed by atoms with Gasteiger partial charge < -0.3 is 10.2 Å². The first-order valence-electron chi connectivity index (χ1n) is 10.7. The van der Waals surface area contributed by atoms with Crippen LogP contribution in [0, 0.1) is 23.1 Å². The van der Waals surface area contributed by atoms with Gasteiger partial charge in [-0.3, -0.25) is 4.79 Å². The Kier molecular flexibility index (Phi) is 5.40. The number of piperidine rings is 1. The number of aromatic nitrogens is 2. The zero-order valence-corrected chi connectivity index (χ0v) is 18.1. The standard InChI is InChI=1S/C24H21ClFN5O/c25-16-2-5-19(26)18(12-16)22(32)15-7-9-31(10-8-15)24-23(28-17-3-4-17)29-20-6-1-14(13-27)11-21(20)30-24/h1-2,5-6,11-12,15,17H,3-4,7-10H2,(H,28,29). The van der Waals surface area contributed by atoms with Crippen molar-refractivity contribution < 1.29 is 9.18 Å². The molecule has 0 unspecified atom stereocenters. The highest BCUT2D eigenvalue weighted by molar-refractivity contribution is 6.31. The van der Waals surface area contributed by atoms with E-state index in [0.717, 1.165) is 30.0 Å². The molecule has 8 heteroatoms. The molecule has 2 fully saturated rings. The van der Waals surface area contributed by atoms with Crippen LogP contribution < -0.4 is 10.2 Å². The van der Waals surface area contributed by atoms with Crippen LogP contribution in [0.25, 0.3) is 11.0 Å². The van der Waals surface area contributed by atoms with Crippen LogP contribution in [0.15, 0.2) is 36.4 Å². The molecule has 2 aromatic carbocycles. The molecular formula is C24H21ClFN5O.